The third kappa shape index (κ3) is 2.97. The molecule has 0 spiro atoms. The summed E-state index contributed by atoms with van der Waals surface area (Å²) in [5.41, 5.74) is 0.329. The Balaban J connectivity index is 2.96. The molecule has 1 aromatic rings. The van der Waals surface area contributed by atoms with Crippen LogP contribution in [-0.2, 0) is 16.6 Å². The fraction of sp³-hybridized carbons (Fsp3) is 0.455. The second-order valence-corrected chi connectivity index (χ2v) is 4.39. The van der Waals surface area contributed by atoms with Gasteiger partial charge in [0.25, 0.3) is 5.91 Å². The summed E-state index contributed by atoms with van der Waals surface area (Å²) in [4.78, 5) is 24.7. The highest BCUT2D eigenvalue weighted by Gasteiger charge is 2.22. The zero-order valence-corrected chi connectivity index (χ0v) is 11.9. The fourth-order valence-corrected chi connectivity index (χ4v) is 1.83. The molecule has 0 fully saturated rings. The molecule has 0 saturated carbocycles. The van der Waals surface area contributed by atoms with Crippen LogP contribution in [0, 0.1) is 0 Å². The van der Waals surface area contributed by atoms with Gasteiger partial charge >= 0.3 is 5.97 Å². The second kappa shape index (κ2) is 6.11. The first kappa shape index (κ1) is 14.9. The van der Waals surface area contributed by atoms with Crippen molar-refractivity contribution in [3.63, 3.8) is 0 Å². The molecule has 100 valence electrons. The van der Waals surface area contributed by atoms with E-state index in [1.54, 1.807) is 14.0 Å². The number of nitrogens with zero attached hydrogens (tertiary/aromatic N) is 2. The van der Waals surface area contributed by atoms with E-state index in [1.165, 1.54) is 22.6 Å². The van der Waals surface area contributed by atoms with Gasteiger partial charge in [-0.15, -0.1) is 0 Å². The largest absolute Gasteiger partial charge is 0.468 e. The SMILES string of the molecule is CCN(CC(=O)OC)C(=O)c1cc(Cl)c(Cl)n1C. The van der Waals surface area contributed by atoms with Crippen molar-refractivity contribution in [2.45, 2.75) is 6.92 Å². The third-order valence-electron chi connectivity index (χ3n) is 2.55. The van der Waals surface area contributed by atoms with Gasteiger partial charge in [0.05, 0.1) is 12.1 Å². The van der Waals surface area contributed by atoms with Crippen LogP contribution in [0.15, 0.2) is 6.07 Å². The van der Waals surface area contributed by atoms with Crippen LogP contribution >= 0.6 is 23.2 Å². The van der Waals surface area contributed by atoms with Gasteiger partial charge in [0.2, 0.25) is 0 Å². The van der Waals surface area contributed by atoms with E-state index in [1.807, 2.05) is 0 Å². The Hall–Kier alpha value is -1.20. The Kier molecular flexibility index (Phi) is 5.04. The zero-order chi connectivity index (χ0) is 13.9. The summed E-state index contributed by atoms with van der Waals surface area (Å²) in [6.45, 7) is 2.05. The predicted molar refractivity (Wildman–Crippen MR) is 69.0 cm³/mol. The van der Waals surface area contributed by atoms with Crippen LogP contribution in [0.25, 0.3) is 0 Å². The molecule has 0 aliphatic rings. The first-order valence-corrected chi connectivity index (χ1v) is 6.04. The molecule has 1 rings (SSSR count). The molecule has 0 bridgehead atoms. The monoisotopic (exact) mass is 292 g/mol. The number of likely N-dealkylation sites (N-methyl/N-ethyl adjacent to an activating group) is 1. The van der Waals surface area contributed by atoms with Gasteiger partial charge in [-0.05, 0) is 13.0 Å². The Morgan fingerprint density at radius 3 is 2.44 bits per heavy atom. The third-order valence-corrected chi connectivity index (χ3v) is 3.39. The lowest BCUT2D eigenvalue weighted by molar-refractivity contribution is -0.141. The van der Waals surface area contributed by atoms with Crippen molar-refractivity contribution >= 4 is 35.1 Å². The highest BCUT2D eigenvalue weighted by atomic mass is 35.5. The van der Waals surface area contributed by atoms with Gasteiger partial charge in [-0.25, -0.2) is 0 Å². The number of hydrogen-bond donors (Lipinski definition) is 0. The number of carbonyl (C=O) groups excluding carboxylic acids is 2. The molecule has 1 amide bonds. The Morgan fingerprint density at radius 2 is 2.06 bits per heavy atom. The summed E-state index contributed by atoms with van der Waals surface area (Å²) in [5.74, 6) is -0.796. The van der Waals surface area contributed by atoms with Crippen LogP contribution < -0.4 is 0 Å². The van der Waals surface area contributed by atoms with Crippen molar-refractivity contribution in [1.82, 2.24) is 9.47 Å². The predicted octanol–water partition coefficient (Wildman–Crippen LogP) is 1.97. The summed E-state index contributed by atoms with van der Waals surface area (Å²) in [7, 11) is 2.91. The van der Waals surface area contributed by atoms with Crippen LogP contribution in [0.1, 0.15) is 17.4 Å². The molecule has 0 aliphatic carbocycles. The van der Waals surface area contributed by atoms with Crippen molar-refractivity contribution in [3.8, 4) is 0 Å². The lowest BCUT2D eigenvalue weighted by Crippen LogP contribution is -2.36. The van der Waals surface area contributed by atoms with E-state index in [-0.39, 0.29) is 17.6 Å². The number of carbonyl (C=O) groups is 2. The molecule has 18 heavy (non-hydrogen) atoms. The minimum Gasteiger partial charge on any atom is -0.468 e. The molecule has 7 heteroatoms. The van der Waals surface area contributed by atoms with Gasteiger partial charge < -0.3 is 14.2 Å². The molecule has 0 saturated heterocycles. The van der Waals surface area contributed by atoms with Crippen LogP contribution in [0.4, 0.5) is 0 Å². The normalized spacial score (nSPS) is 10.3. The molecular weight excluding hydrogens is 279 g/mol. The first-order valence-electron chi connectivity index (χ1n) is 5.29. The van der Waals surface area contributed by atoms with Gasteiger partial charge in [0.15, 0.2) is 0 Å². The molecule has 0 unspecified atom stereocenters. The van der Waals surface area contributed by atoms with Gasteiger partial charge in [-0.3, -0.25) is 9.59 Å². The summed E-state index contributed by atoms with van der Waals surface area (Å²) in [6.07, 6.45) is 0. The van der Waals surface area contributed by atoms with E-state index in [0.29, 0.717) is 17.3 Å². The molecule has 5 nitrogen and oxygen atoms in total. The zero-order valence-electron chi connectivity index (χ0n) is 10.4. The van der Waals surface area contributed by atoms with Crippen molar-refractivity contribution < 1.29 is 14.3 Å². The van der Waals surface area contributed by atoms with E-state index in [4.69, 9.17) is 23.2 Å². The fourth-order valence-electron chi connectivity index (χ4n) is 1.46. The maximum atomic E-state index is 12.2. The lowest BCUT2D eigenvalue weighted by atomic mass is 10.3. The number of aromatic nitrogens is 1. The first-order chi connectivity index (χ1) is 8.42. The lowest BCUT2D eigenvalue weighted by Gasteiger charge is -2.19. The van der Waals surface area contributed by atoms with E-state index in [2.05, 4.69) is 4.74 Å². The van der Waals surface area contributed by atoms with Gasteiger partial charge in [-0.2, -0.15) is 0 Å². The minimum absolute atomic E-state index is 0.105. The quantitative estimate of drug-likeness (QED) is 0.797. The van der Waals surface area contributed by atoms with Crippen LogP contribution in [0.2, 0.25) is 10.2 Å². The number of methoxy groups -OCH3 is 1. The number of esters is 1. The molecule has 0 radical (unpaired) electrons. The smallest absolute Gasteiger partial charge is 0.325 e. The van der Waals surface area contributed by atoms with Gasteiger partial charge in [0, 0.05) is 13.6 Å². The number of amides is 1. The number of rotatable bonds is 4. The average molecular weight is 293 g/mol. The summed E-state index contributed by atoms with van der Waals surface area (Å²) in [6, 6.07) is 1.48. The van der Waals surface area contributed by atoms with E-state index < -0.39 is 5.97 Å². The number of halogens is 2. The maximum Gasteiger partial charge on any atom is 0.325 e. The van der Waals surface area contributed by atoms with Crippen LogP contribution in [-0.4, -0.2) is 41.5 Å². The van der Waals surface area contributed by atoms with Crippen LogP contribution in [0.5, 0.6) is 0 Å². The highest BCUT2D eigenvalue weighted by molar-refractivity contribution is 6.41. The minimum atomic E-state index is -0.475. The standard InChI is InChI=1S/C11H14Cl2N2O3/c1-4-15(6-9(16)18-3)11(17)8-5-7(12)10(13)14(8)2/h5H,4,6H2,1-3H3. The average Bonchev–Trinajstić information content (AvgIpc) is 2.62. The van der Waals surface area contributed by atoms with Gasteiger partial charge in [0.1, 0.15) is 17.4 Å². The summed E-state index contributed by atoms with van der Waals surface area (Å²) < 4.78 is 6.01. The molecule has 0 atom stereocenters. The van der Waals surface area contributed by atoms with Crippen molar-refractivity contribution in [3.05, 3.63) is 21.9 Å². The van der Waals surface area contributed by atoms with Crippen LogP contribution in [0.3, 0.4) is 0 Å². The Morgan fingerprint density at radius 1 is 1.44 bits per heavy atom. The van der Waals surface area contributed by atoms with E-state index in [0.717, 1.165) is 0 Å². The van der Waals surface area contributed by atoms with Crippen molar-refractivity contribution in [1.29, 1.82) is 0 Å². The van der Waals surface area contributed by atoms with E-state index in [9.17, 15) is 9.59 Å². The Labute approximate surface area is 115 Å². The van der Waals surface area contributed by atoms with E-state index >= 15 is 0 Å². The summed E-state index contributed by atoms with van der Waals surface area (Å²) >= 11 is 11.7. The molecule has 1 aromatic heterocycles. The van der Waals surface area contributed by atoms with Gasteiger partial charge in [-0.1, -0.05) is 23.2 Å². The molecule has 0 aliphatic heterocycles. The molecule has 0 aromatic carbocycles. The second-order valence-electron chi connectivity index (χ2n) is 3.62. The molecule has 0 N–H and O–H groups in total. The highest BCUT2D eigenvalue weighted by Crippen LogP contribution is 2.25. The van der Waals surface area contributed by atoms with Crippen molar-refractivity contribution in [2.24, 2.45) is 7.05 Å². The topological polar surface area (TPSA) is 51.5 Å². The summed E-state index contributed by atoms with van der Waals surface area (Å²) in [5, 5.41) is 0.589. The molecule has 1 heterocycles. The molecular formula is C11H14Cl2N2O3. The number of hydrogen-bond acceptors (Lipinski definition) is 3. The Bertz CT molecular complexity index is 471. The van der Waals surface area contributed by atoms with Crippen molar-refractivity contribution in [2.75, 3.05) is 20.2 Å². The number of ether oxygens (including phenoxy) is 1. The maximum absolute atomic E-state index is 12.2.